The number of hydrogen-bond acceptors (Lipinski definition) is 3. The number of aromatic nitrogens is 2. The van der Waals surface area contributed by atoms with Crippen molar-refractivity contribution in [3.05, 3.63) is 16.4 Å². The van der Waals surface area contributed by atoms with Gasteiger partial charge < -0.3 is 5.32 Å². The summed E-state index contributed by atoms with van der Waals surface area (Å²) >= 11 is 11.6. The highest BCUT2D eigenvalue weighted by Crippen LogP contribution is 2.34. The first-order valence-corrected chi connectivity index (χ1v) is 5.86. The summed E-state index contributed by atoms with van der Waals surface area (Å²) in [6, 6.07) is 2.11. The summed E-state index contributed by atoms with van der Waals surface area (Å²) in [5.74, 6) is 0.886. The molecule has 15 heavy (non-hydrogen) atoms. The molecule has 0 amide bonds. The second kappa shape index (κ2) is 4.54. The minimum atomic E-state index is 0.362. The SMILES string of the molecule is CC(CC1CC1)Nc1cc(Cl)nnc1Cl. The molecule has 5 heteroatoms. The van der Waals surface area contributed by atoms with Crippen LogP contribution in [0.2, 0.25) is 10.3 Å². The third-order valence-electron chi connectivity index (χ3n) is 2.50. The molecule has 1 aliphatic rings. The Morgan fingerprint density at radius 3 is 2.87 bits per heavy atom. The monoisotopic (exact) mass is 245 g/mol. The Labute approximate surface area is 99.2 Å². The van der Waals surface area contributed by atoms with Crippen LogP contribution in [0.25, 0.3) is 0 Å². The summed E-state index contributed by atoms with van der Waals surface area (Å²) in [7, 11) is 0. The molecule has 2 rings (SSSR count). The lowest BCUT2D eigenvalue weighted by atomic mass is 10.1. The van der Waals surface area contributed by atoms with Gasteiger partial charge >= 0.3 is 0 Å². The first-order valence-electron chi connectivity index (χ1n) is 5.10. The lowest BCUT2D eigenvalue weighted by Gasteiger charge is -2.15. The quantitative estimate of drug-likeness (QED) is 0.884. The highest BCUT2D eigenvalue weighted by atomic mass is 35.5. The molecule has 0 saturated heterocycles. The average Bonchev–Trinajstić information content (AvgIpc) is 2.95. The van der Waals surface area contributed by atoms with Gasteiger partial charge in [0.15, 0.2) is 10.3 Å². The third kappa shape index (κ3) is 3.21. The van der Waals surface area contributed by atoms with Crippen LogP contribution in [-0.4, -0.2) is 16.2 Å². The third-order valence-corrected chi connectivity index (χ3v) is 2.97. The number of rotatable bonds is 4. The van der Waals surface area contributed by atoms with Gasteiger partial charge in [-0.3, -0.25) is 0 Å². The van der Waals surface area contributed by atoms with Gasteiger partial charge in [0.1, 0.15) is 0 Å². The van der Waals surface area contributed by atoms with Gasteiger partial charge in [0.2, 0.25) is 0 Å². The van der Waals surface area contributed by atoms with Gasteiger partial charge in [0.25, 0.3) is 0 Å². The van der Waals surface area contributed by atoms with E-state index in [2.05, 4.69) is 22.4 Å². The maximum absolute atomic E-state index is 5.90. The van der Waals surface area contributed by atoms with Gasteiger partial charge in [-0.15, -0.1) is 10.2 Å². The van der Waals surface area contributed by atoms with E-state index >= 15 is 0 Å². The van der Waals surface area contributed by atoms with Crippen LogP contribution in [0.5, 0.6) is 0 Å². The largest absolute Gasteiger partial charge is 0.380 e. The van der Waals surface area contributed by atoms with Crippen molar-refractivity contribution < 1.29 is 0 Å². The average molecular weight is 246 g/mol. The summed E-state index contributed by atoms with van der Waals surface area (Å²) in [6.07, 6.45) is 3.89. The molecule has 1 fully saturated rings. The standard InChI is InChI=1S/C10H13Cl2N3/c1-6(4-7-2-3-7)13-8-5-9(11)14-15-10(8)12/h5-7H,2-4H2,1H3,(H,13,14). The van der Waals surface area contributed by atoms with Crippen LogP contribution in [0.1, 0.15) is 26.2 Å². The highest BCUT2D eigenvalue weighted by molar-refractivity contribution is 6.33. The first kappa shape index (κ1) is 11.0. The molecule has 1 heterocycles. The van der Waals surface area contributed by atoms with Gasteiger partial charge in [0.05, 0.1) is 5.69 Å². The molecule has 1 N–H and O–H groups in total. The van der Waals surface area contributed by atoms with Crippen LogP contribution in [-0.2, 0) is 0 Å². The Hall–Kier alpha value is -0.540. The van der Waals surface area contributed by atoms with Gasteiger partial charge in [-0.2, -0.15) is 0 Å². The predicted molar refractivity (Wildman–Crippen MR) is 62.5 cm³/mol. The van der Waals surface area contributed by atoms with Gasteiger partial charge in [0, 0.05) is 12.1 Å². The number of nitrogens with one attached hydrogen (secondary N) is 1. The van der Waals surface area contributed by atoms with Crippen molar-refractivity contribution in [3.8, 4) is 0 Å². The molecule has 1 aromatic heterocycles. The fourth-order valence-corrected chi connectivity index (χ4v) is 1.93. The molecule has 1 aliphatic carbocycles. The Bertz CT molecular complexity index is 353. The lowest BCUT2D eigenvalue weighted by molar-refractivity contribution is 0.641. The summed E-state index contributed by atoms with van der Waals surface area (Å²) in [5, 5.41) is 11.5. The van der Waals surface area contributed by atoms with Crippen LogP contribution in [0.3, 0.4) is 0 Å². The van der Waals surface area contributed by atoms with Crippen molar-refractivity contribution in [2.45, 2.75) is 32.2 Å². The van der Waals surface area contributed by atoms with E-state index < -0.39 is 0 Å². The number of nitrogens with zero attached hydrogens (tertiary/aromatic N) is 2. The summed E-state index contributed by atoms with van der Waals surface area (Å²) in [6.45, 7) is 2.14. The zero-order valence-corrected chi connectivity index (χ0v) is 10.0. The molecule has 0 spiro atoms. The smallest absolute Gasteiger partial charge is 0.174 e. The maximum Gasteiger partial charge on any atom is 0.174 e. The molecule has 0 aliphatic heterocycles. The fraction of sp³-hybridized carbons (Fsp3) is 0.600. The van der Waals surface area contributed by atoms with Gasteiger partial charge in [-0.1, -0.05) is 36.0 Å². The lowest BCUT2D eigenvalue weighted by Crippen LogP contribution is -2.16. The Morgan fingerprint density at radius 1 is 1.47 bits per heavy atom. The molecule has 1 saturated carbocycles. The van der Waals surface area contributed by atoms with E-state index in [1.807, 2.05) is 0 Å². The van der Waals surface area contributed by atoms with E-state index in [0.29, 0.717) is 16.3 Å². The van der Waals surface area contributed by atoms with E-state index in [0.717, 1.165) is 11.6 Å². The van der Waals surface area contributed by atoms with Gasteiger partial charge in [-0.25, -0.2) is 0 Å². The molecule has 0 radical (unpaired) electrons. The van der Waals surface area contributed by atoms with E-state index in [1.54, 1.807) is 6.07 Å². The van der Waals surface area contributed by atoms with E-state index in [1.165, 1.54) is 19.3 Å². The molecule has 0 bridgehead atoms. The fourth-order valence-electron chi connectivity index (χ4n) is 1.63. The van der Waals surface area contributed by atoms with Crippen LogP contribution < -0.4 is 5.32 Å². The zero-order valence-electron chi connectivity index (χ0n) is 8.50. The summed E-state index contributed by atoms with van der Waals surface area (Å²) in [4.78, 5) is 0. The Balaban J connectivity index is 1.98. The van der Waals surface area contributed by atoms with E-state index in [4.69, 9.17) is 23.2 Å². The minimum Gasteiger partial charge on any atom is -0.380 e. The highest BCUT2D eigenvalue weighted by Gasteiger charge is 2.23. The maximum atomic E-state index is 5.90. The van der Waals surface area contributed by atoms with Crippen LogP contribution in [0, 0.1) is 5.92 Å². The van der Waals surface area contributed by atoms with Crippen LogP contribution >= 0.6 is 23.2 Å². The van der Waals surface area contributed by atoms with Crippen molar-refractivity contribution in [1.82, 2.24) is 10.2 Å². The summed E-state index contributed by atoms with van der Waals surface area (Å²) in [5.41, 5.74) is 0.768. The minimum absolute atomic E-state index is 0.362. The summed E-state index contributed by atoms with van der Waals surface area (Å²) < 4.78 is 0. The van der Waals surface area contributed by atoms with Crippen molar-refractivity contribution in [2.75, 3.05) is 5.32 Å². The second-order valence-corrected chi connectivity index (χ2v) is 4.84. The number of halogens is 2. The normalized spacial score (nSPS) is 17.5. The Kier molecular flexibility index (Phi) is 3.32. The van der Waals surface area contributed by atoms with Crippen molar-refractivity contribution >= 4 is 28.9 Å². The molecular weight excluding hydrogens is 233 g/mol. The zero-order chi connectivity index (χ0) is 10.8. The van der Waals surface area contributed by atoms with Crippen LogP contribution in [0.4, 0.5) is 5.69 Å². The van der Waals surface area contributed by atoms with Crippen molar-refractivity contribution in [1.29, 1.82) is 0 Å². The molecule has 3 nitrogen and oxygen atoms in total. The van der Waals surface area contributed by atoms with Crippen molar-refractivity contribution in [2.24, 2.45) is 5.92 Å². The second-order valence-electron chi connectivity index (χ2n) is 4.10. The molecule has 0 aromatic carbocycles. The van der Waals surface area contributed by atoms with Crippen molar-refractivity contribution in [3.63, 3.8) is 0 Å². The first-order chi connectivity index (χ1) is 7.15. The molecule has 1 unspecified atom stereocenters. The van der Waals surface area contributed by atoms with E-state index in [-0.39, 0.29) is 0 Å². The molecule has 82 valence electrons. The topological polar surface area (TPSA) is 37.8 Å². The van der Waals surface area contributed by atoms with E-state index in [9.17, 15) is 0 Å². The number of anilines is 1. The predicted octanol–water partition coefficient (Wildman–Crippen LogP) is 3.38. The Morgan fingerprint density at radius 2 is 2.20 bits per heavy atom. The molecule has 1 atom stereocenters. The number of hydrogen-bond donors (Lipinski definition) is 1. The molecular formula is C10H13Cl2N3. The van der Waals surface area contributed by atoms with Gasteiger partial charge in [-0.05, 0) is 19.3 Å². The van der Waals surface area contributed by atoms with Crippen LogP contribution in [0.15, 0.2) is 6.07 Å². The molecule has 1 aromatic rings.